The molecule has 28 heavy (non-hydrogen) atoms. The number of piperazine rings is 1. The molecular weight excluding hydrogens is 350 g/mol. The fourth-order valence-corrected chi connectivity index (χ4v) is 3.88. The van der Waals surface area contributed by atoms with Crippen molar-refractivity contribution in [1.82, 2.24) is 10.2 Å². The van der Waals surface area contributed by atoms with Gasteiger partial charge < -0.3 is 10.2 Å². The molecule has 1 aliphatic heterocycles. The number of nitrogens with zero attached hydrogens (tertiary/aromatic N) is 2. The Bertz CT molecular complexity index is 892. The first-order valence-corrected chi connectivity index (χ1v) is 9.58. The summed E-state index contributed by atoms with van der Waals surface area (Å²) in [5.74, 6) is 0. The van der Waals surface area contributed by atoms with E-state index in [1.165, 1.54) is 5.56 Å². The number of rotatable bonds is 6. The first kappa shape index (κ1) is 19.8. The smallest absolute Gasteiger partial charge is 0.277 e. The number of benzene rings is 2. The maximum atomic E-state index is 11.5. The summed E-state index contributed by atoms with van der Waals surface area (Å²) < 4.78 is 0. The third kappa shape index (κ3) is 4.15. The molecular formula is C23H27N3O2. The van der Waals surface area contributed by atoms with Gasteiger partial charge in [0, 0.05) is 37.4 Å². The van der Waals surface area contributed by atoms with Gasteiger partial charge >= 0.3 is 0 Å². The number of nitro benzene ring substituents is 1. The second kappa shape index (κ2) is 8.40. The van der Waals surface area contributed by atoms with Crippen LogP contribution in [0.5, 0.6) is 0 Å². The average Bonchev–Trinajstić information content (AvgIpc) is 2.70. The lowest BCUT2D eigenvalue weighted by atomic mass is 9.85. The van der Waals surface area contributed by atoms with Crippen LogP contribution < -0.4 is 5.32 Å². The van der Waals surface area contributed by atoms with Gasteiger partial charge in [-0.1, -0.05) is 62.0 Å². The van der Waals surface area contributed by atoms with Crippen molar-refractivity contribution in [1.29, 1.82) is 0 Å². The van der Waals surface area contributed by atoms with Crippen LogP contribution in [-0.4, -0.2) is 35.5 Å². The Morgan fingerprint density at radius 3 is 2.61 bits per heavy atom. The number of hydrogen-bond acceptors (Lipinski definition) is 4. The fourth-order valence-electron chi connectivity index (χ4n) is 3.88. The predicted octanol–water partition coefficient (Wildman–Crippen LogP) is 4.51. The normalized spacial score (nSPS) is 20.9. The lowest BCUT2D eigenvalue weighted by molar-refractivity contribution is -0.385. The third-order valence-electron chi connectivity index (χ3n) is 5.58. The molecule has 0 amide bonds. The summed E-state index contributed by atoms with van der Waals surface area (Å²) in [6.45, 7) is 7.52. The molecule has 1 fully saturated rings. The molecule has 1 atom stereocenters. The zero-order valence-electron chi connectivity index (χ0n) is 16.5. The lowest BCUT2D eigenvalue weighted by Crippen LogP contribution is -2.59. The van der Waals surface area contributed by atoms with E-state index in [2.05, 4.69) is 55.0 Å². The van der Waals surface area contributed by atoms with Crippen LogP contribution in [-0.2, 0) is 6.42 Å². The Morgan fingerprint density at radius 1 is 1.25 bits per heavy atom. The fraction of sp³-hybridized carbons (Fsp3) is 0.304. The molecule has 1 saturated heterocycles. The molecule has 146 valence electrons. The zero-order valence-corrected chi connectivity index (χ0v) is 16.5. The van der Waals surface area contributed by atoms with E-state index >= 15 is 0 Å². The molecule has 1 heterocycles. The summed E-state index contributed by atoms with van der Waals surface area (Å²) in [6, 6.07) is 15.6. The van der Waals surface area contributed by atoms with Gasteiger partial charge in [-0.25, -0.2) is 0 Å². The van der Waals surface area contributed by atoms with E-state index in [9.17, 15) is 10.1 Å². The molecule has 1 unspecified atom stereocenters. The van der Waals surface area contributed by atoms with Crippen molar-refractivity contribution < 1.29 is 4.92 Å². The molecule has 0 spiro atoms. The molecule has 0 aliphatic carbocycles. The standard InChI is InChI=1S/C23H27N3O2/c1-4-19-12-9-13-22(26(27)28)21(19)14-20-16-24-23(5-2,17-25(20)3)15-18-10-7-6-8-11-18/h4,6-14,24H,1,5,15-17H2,2-3H3. The van der Waals surface area contributed by atoms with Gasteiger partial charge in [-0.05, 0) is 30.0 Å². The average molecular weight is 377 g/mol. The monoisotopic (exact) mass is 377 g/mol. The van der Waals surface area contributed by atoms with Gasteiger partial charge in [0.05, 0.1) is 10.5 Å². The van der Waals surface area contributed by atoms with Crippen LogP contribution in [0.3, 0.4) is 0 Å². The van der Waals surface area contributed by atoms with Crippen molar-refractivity contribution in [3.63, 3.8) is 0 Å². The highest BCUT2D eigenvalue weighted by Crippen LogP contribution is 2.29. The molecule has 5 nitrogen and oxygen atoms in total. The summed E-state index contributed by atoms with van der Waals surface area (Å²) in [5, 5.41) is 15.2. The highest BCUT2D eigenvalue weighted by molar-refractivity contribution is 5.73. The van der Waals surface area contributed by atoms with E-state index in [1.807, 2.05) is 18.2 Å². The Kier molecular flexibility index (Phi) is 5.95. The van der Waals surface area contributed by atoms with Crippen molar-refractivity contribution in [2.45, 2.75) is 25.3 Å². The molecule has 0 radical (unpaired) electrons. The van der Waals surface area contributed by atoms with Gasteiger partial charge in [0.2, 0.25) is 0 Å². The molecule has 1 N–H and O–H groups in total. The maximum Gasteiger partial charge on any atom is 0.277 e. The van der Waals surface area contributed by atoms with Crippen molar-refractivity contribution in [2.24, 2.45) is 0 Å². The molecule has 2 aromatic rings. The van der Waals surface area contributed by atoms with Crippen molar-refractivity contribution >= 4 is 17.8 Å². The first-order valence-electron chi connectivity index (χ1n) is 9.58. The summed E-state index contributed by atoms with van der Waals surface area (Å²) in [4.78, 5) is 13.4. The van der Waals surface area contributed by atoms with Gasteiger partial charge in [0.25, 0.3) is 5.69 Å². The minimum Gasteiger partial charge on any atom is -0.375 e. The number of likely N-dealkylation sites (N-methyl/N-ethyl adjacent to an activating group) is 1. The summed E-state index contributed by atoms with van der Waals surface area (Å²) in [5.41, 5.74) is 3.82. The van der Waals surface area contributed by atoms with Gasteiger partial charge in [0.1, 0.15) is 0 Å². The minimum atomic E-state index is -0.332. The molecule has 3 rings (SSSR count). The Labute approximate surface area is 166 Å². The first-order chi connectivity index (χ1) is 13.5. The van der Waals surface area contributed by atoms with Crippen LogP contribution in [0.1, 0.15) is 30.0 Å². The van der Waals surface area contributed by atoms with Crippen LogP contribution in [0.4, 0.5) is 5.69 Å². The van der Waals surface area contributed by atoms with Gasteiger partial charge in [-0.3, -0.25) is 10.1 Å². The van der Waals surface area contributed by atoms with Crippen molar-refractivity contribution in [2.75, 3.05) is 20.1 Å². The Morgan fingerprint density at radius 2 is 2.00 bits per heavy atom. The van der Waals surface area contributed by atoms with Crippen molar-refractivity contribution in [3.05, 3.63) is 87.6 Å². The topological polar surface area (TPSA) is 58.4 Å². The Balaban J connectivity index is 1.88. The highest BCUT2D eigenvalue weighted by atomic mass is 16.6. The molecule has 0 aromatic heterocycles. The molecule has 1 aliphatic rings. The second-order valence-electron chi connectivity index (χ2n) is 7.38. The quantitative estimate of drug-likeness (QED) is 0.595. The van der Waals surface area contributed by atoms with E-state index in [0.29, 0.717) is 12.1 Å². The number of nitrogens with one attached hydrogen (secondary N) is 1. The second-order valence-corrected chi connectivity index (χ2v) is 7.38. The lowest BCUT2D eigenvalue weighted by Gasteiger charge is -2.44. The zero-order chi connectivity index (χ0) is 20.1. The largest absolute Gasteiger partial charge is 0.375 e. The molecule has 2 aromatic carbocycles. The van der Waals surface area contributed by atoms with E-state index in [1.54, 1.807) is 18.2 Å². The van der Waals surface area contributed by atoms with Gasteiger partial charge in [-0.15, -0.1) is 0 Å². The van der Waals surface area contributed by atoms with Crippen LogP contribution in [0, 0.1) is 10.1 Å². The number of nitro groups is 1. The van der Waals surface area contributed by atoms with Gasteiger partial charge in [0.15, 0.2) is 0 Å². The molecule has 5 heteroatoms. The van der Waals surface area contributed by atoms with E-state index in [0.717, 1.165) is 30.6 Å². The van der Waals surface area contributed by atoms with Crippen LogP contribution >= 0.6 is 0 Å². The molecule has 0 bridgehead atoms. The summed E-state index contributed by atoms with van der Waals surface area (Å²) in [6.07, 6.45) is 5.54. The third-order valence-corrected chi connectivity index (χ3v) is 5.58. The minimum absolute atomic E-state index is 0.0165. The van der Waals surface area contributed by atoms with Crippen LogP contribution in [0.15, 0.2) is 60.8 Å². The SMILES string of the molecule is C=Cc1cccc([N+](=O)[O-])c1C=C1CNC(CC)(Cc2ccccc2)CN1C. The van der Waals surface area contributed by atoms with E-state index in [-0.39, 0.29) is 16.1 Å². The Hall–Kier alpha value is -2.92. The predicted molar refractivity (Wildman–Crippen MR) is 115 cm³/mol. The van der Waals surface area contributed by atoms with Crippen molar-refractivity contribution in [3.8, 4) is 0 Å². The van der Waals surface area contributed by atoms with Gasteiger partial charge in [-0.2, -0.15) is 0 Å². The van der Waals surface area contributed by atoms with E-state index < -0.39 is 0 Å². The van der Waals surface area contributed by atoms with Crippen LogP contribution in [0.2, 0.25) is 0 Å². The number of hydrogen-bond donors (Lipinski definition) is 1. The van der Waals surface area contributed by atoms with E-state index in [4.69, 9.17) is 0 Å². The summed E-state index contributed by atoms with van der Waals surface area (Å²) >= 11 is 0. The molecule has 0 saturated carbocycles. The maximum absolute atomic E-state index is 11.5. The highest BCUT2D eigenvalue weighted by Gasteiger charge is 2.34. The van der Waals surface area contributed by atoms with Crippen LogP contribution in [0.25, 0.3) is 12.2 Å². The summed E-state index contributed by atoms with van der Waals surface area (Å²) in [7, 11) is 2.06.